The molecule has 0 aliphatic heterocycles. The number of allylic oxidation sites excluding steroid dienone is 2. The van der Waals surface area contributed by atoms with Crippen molar-refractivity contribution >= 4 is 28.5 Å². The number of aliphatic imine (C=N–C) groups is 1. The molecule has 5 aliphatic carbocycles. The van der Waals surface area contributed by atoms with Gasteiger partial charge in [0.1, 0.15) is 0 Å². The molecule has 0 aromatic heterocycles. The van der Waals surface area contributed by atoms with Gasteiger partial charge in [-0.05, 0) is 97.0 Å². The van der Waals surface area contributed by atoms with Crippen LogP contribution in [0.1, 0.15) is 38.2 Å². The number of fused-ring (bicyclic) bond motifs is 4. The minimum atomic E-state index is 0.150. The number of nitrogens with zero attached hydrogens (tertiary/aromatic N) is 1. The summed E-state index contributed by atoms with van der Waals surface area (Å²) in [5.74, 6) is 7.25. The van der Waals surface area contributed by atoms with Crippen molar-refractivity contribution in [3.05, 3.63) is 41.0 Å². The summed E-state index contributed by atoms with van der Waals surface area (Å²) in [6.45, 7) is 3.34. The molecule has 164 valence electrons. The van der Waals surface area contributed by atoms with Crippen LogP contribution in [-0.4, -0.2) is 23.9 Å². The number of carbonyl (C=O) groups excluding carboxylic acids is 1. The van der Waals surface area contributed by atoms with E-state index in [-0.39, 0.29) is 5.91 Å². The van der Waals surface area contributed by atoms with Gasteiger partial charge in [-0.25, -0.2) is 4.99 Å². The van der Waals surface area contributed by atoms with Gasteiger partial charge in [-0.3, -0.25) is 4.79 Å². The molecule has 1 aromatic rings. The summed E-state index contributed by atoms with van der Waals surface area (Å²) in [6, 6.07) is 7.84. The Hall–Kier alpha value is -1.75. The molecule has 4 nitrogen and oxygen atoms in total. The first kappa shape index (κ1) is 19.9. The first-order valence-electron chi connectivity index (χ1n) is 12.0. The standard InChI is InChI=1S/C26H33N3OS/c1-13-16-7-8-17(16)22(13)25-20(23-18-9-10-19(18)24(23)25)12-28-21(30)11-14-3-5-15(6-4-14)29-26(27)31-2/h3-6,13,18-20,22-25H,7-12H2,1-2H3,(H2,27,29)(H,28,30). The lowest BCUT2D eigenvalue weighted by Crippen LogP contribution is -2.72. The van der Waals surface area contributed by atoms with Gasteiger partial charge in [0.25, 0.3) is 0 Å². The van der Waals surface area contributed by atoms with E-state index in [0.717, 1.165) is 59.2 Å². The molecule has 31 heavy (non-hydrogen) atoms. The van der Waals surface area contributed by atoms with Crippen molar-refractivity contribution in [3.8, 4) is 0 Å². The Morgan fingerprint density at radius 2 is 1.81 bits per heavy atom. The van der Waals surface area contributed by atoms with Crippen LogP contribution in [0, 0.1) is 47.3 Å². The first-order valence-corrected chi connectivity index (χ1v) is 13.2. The molecule has 0 saturated heterocycles. The Morgan fingerprint density at radius 3 is 2.42 bits per heavy atom. The van der Waals surface area contributed by atoms with E-state index in [9.17, 15) is 4.79 Å². The third-order valence-electron chi connectivity index (χ3n) is 9.52. The highest BCUT2D eigenvalue weighted by molar-refractivity contribution is 8.13. The lowest BCUT2D eigenvalue weighted by Gasteiger charge is -2.76. The number of hydrogen-bond acceptors (Lipinski definition) is 3. The molecule has 3 fully saturated rings. The minimum absolute atomic E-state index is 0.150. The largest absolute Gasteiger partial charge is 0.378 e. The molecule has 0 heterocycles. The zero-order valence-corrected chi connectivity index (χ0v) is 19.3. The van der Waals surface area contributed by atoms with Crippen LogP contribution in [0.2, 0.25) is 0 Å². The summed E-state index contributed by atoms with van der Waals surface area (Å²) in [5, 5.41) is 3.87. The highest BCUT2D eigenvalue weighted by Gasteiger charge is 2.71. The molecular formula is C26H33N3OS. The summed E-state index contributed by atoms with van der Waals surface area (Å²) in [7, 11) is 0. The number of thioether (sulfide) groups is 1. The Kier molecular flexibility index (Phi) is 4.75. The van der Waals surface area contributed by atoms with E-state index in [2.05, 4.69) is 17.2 Å². The SMILES string of the molecule is CSC(N)=Nc1ccc(CC(=O)NCC2C3C4CCC4C3C2C2C3=C(CC3)C2C)cc1. The quantitative estimate of drug-likeness (QED) is 0.392. The van der Waals surface area contributed by atoms with E-state index >= 15 is 0 Å². The van der Waals surface area contributed by atoms with E-state index in [1.807, 2.05) is 36.1 Å². The Labute approximate surface area is 189 Å². The fourth-order valence-electron chi connectivity index (χ4n) is 7.90. The summed E-state index contributed by atoms with van der Waals surface area (Å²) in [5.41, 5.74) is 11.2. The molecule has 1 amide bonds. The van der Waals surface area contributed by atoms with Crippen LogP contribution in [0.3, 0.4) is 0 Å². The number of hydrogen-bond donors (Lipinski definition) is 2. The highest BCUT2D eigenvalue weighted by atomic mass is 32.2. The maximum atomic E-state index is 12.7. The fraction of sp³-hybridized carbons (Fsp3) is 0.615. The average Bonchev–Trinajstić information content (AvgIpc) is 2.72. The maximum Gasteiger partial charge on any atom is 0.224 e. The summed E-state index contributed by atoms with van der Waals surface area (Å²) < 4.78 is 0. The molecule has 1 aromatic carbocycles. The lowest BCUT2D eigenvalue weighted by atomic mass is 9.29. The van der Waals surface area contributed by atoms with Crippen LogP contribution in [-0.2, 0) is 11.2 Å². The third kappa shape index (κ3) is 2.95. The van der Waals surface area contributed by atoms with Crippen molar-refractivity contribution in [3.63, 3.8) is 0 Å². The average molecular weight is 436 g/mol. The van der Waals surface area contributed by atoms with Crippen molar-refractivity contribution in [2.45, 2.75) is 39.0 Å². The Bertz CT molecular complexity index is 967. The number of amides is 1. The molecule has 5 heteroatoms. The Balaban J connectivity index is 1.07. The number of carbonyl (C=O) groups is 1. The van der Waals surface area contributed by atoms with E-state index in [0.29, 0.717) is 17.5 Å². The van der Waals surface area contributed by atoms with Crippen molar-refractivity contribution in [2.75, 3.05) is 12.8 Å². The Morgan fingerprint density at radius 1 is 1.10 bits per heavy atom. The normalized spacial score (nSPS) is 39.5. The van der Waals surface area contributed by atoms with E-state index in [4.69, 9.17) is 5.73 Å². The number of benzene rings is 1. The molecule has 8 atom stereocenters. The number of amidine groups is 1. The number of nitrogens with two attached hydrogens (primary N) is 1. The second-order valence-electron chi connectivity index (χ2n) is 10.5. The van der Waals surface area contributed by atoms with Crippen molar-refractivity contribution in [1.29, 1.82) is 0 Å². The third-order valence-corrected chi connectivity index (χ3v) is 10.0. The van der Waals surface area contributed by atoms with Gasteiger partial charge in [-0.2, -0.15) is 0 Å². The topological polar surface area (TPSA) is 67.5 Å². The predicted octanol–water partition coefficient (Wildman–Crippen LogP) is 4.53. The van der Waals surface area contributed by atoms with Crippen LogP contribution in [0.15, 0.2) is 40.4 Å². The molecule has 5 aliphatic rings. The smallest absolute Gasteiger partial charge is 0.224 e. The van der Waals surface area contributed by atoms with Crippen molar-refractivity contribution in [2.24, 2.45) is 58.1 Å². The van der Waals surface area contributed by atoms with E-state index in [1.165, 1.54) is 37.4 Å². The molecule has 8 unspecified atom stereocenters. The first-order chi connectivity index (χ1) is 15.1. The lowest BCUT2D eigenvalue weighted by molar-refractivity contribution is -0.265. The van der Waals surface area contributed by atoms with Gasteiger partial charge in [0.2, 0.25) is 5.91 Å². The molecular weight excluding hydrogens is 402 g/mol. The molecule has 0 radical (unpaired) electrons. The van der Waals surface area contributed by atoms with Gasteiger partial charge in [0.15, 0.2) is 5.17 Å². The molecule has 0 spiro atoms. The molecule has 3 saturated carbocycles. The molecule has 0 bridgehead atoms. The van der Waals surface area contributed by atoms with Gasteiger partial charge < -0.3 is 11.1 Å². The second-order valence-corrected chi connectivity index (χ2v) is 11.3. The van der Waals surface area contributed by atoms with Crippen molar-refractivity contribution in [1.82, 2.24) is 5.32 Å². The summed E-state index contributed by atoms with van der Waals surface area (Å²) in [4.78, 5) is 17.0. The predicted molar refractivity (Wildman–Crippen MR) is 127 cm³/mol. The summed E-state index contributed by atoms with van der Waals surface area (Å²) >= 11 is 1.43. The monoisotopic (exact) mass is 435 g/mol. The van der Waals surface area contributed by atoms with Crippen LogP contribution in [0.5, 0.6) is 0 Å². The van der Waals surface area contributed by atoms with Crippen LogP contribution < -0.4 is 11.1 Å². The summed E-state index contributed by atoms with van der Waals surface area (Å²) in [6.07, 6.45) is 7.97. The van der Waals surface area contributed by atoms with Gasteiger partial charge in [-0.15, -0.1) is 0 Å². The number of nitrogens with one attached hydrogen (secondary N) is 1. The molecule has 6 rings (SSSR count). The van der Waals surface area contributed by atoms with Crippen LogP contribution >= 0.6 is 11.8 Å². The van der Waals surface area contributed by atoms with E-state index < -0.39 is 0 Å². The zero-order chi connectivity index (χ0) is 21.3. The van der Waals surface area contributed by atoms with Gasteiger partial charge in [0.05, 0.1) is 12.1 Å². The minimum Gasteiger partial charge on any atom is -0.378 e. The van der Waals surface area contributed by atoms with Crippen molar-refractivity contribution < 1.29 is 4.79 Å². The second kappa shape index (κ2) is 7.40. The fourth-order valence-corrected chi connectivity index (χ4v) is 8.09. The van der Waals surface area contributed by atoms with Gasteiger partial charge >= 0.3 is 0 Å². The van der Waals surface area contributed by atoms with Gasteiger partial charge in [0, 0.05) is 6.54 Å². The van der Waals surface area contributed by atoms with E-state index in [1.54, 1.807) is 5.57 Å². The zero-order valence-electron chi connectivity index (χ0n) is 18.5. The van der Waals surface area contributed by atoms with Crippen LogP contribution in [0.4, 0.5) is 5.69 Å². The maximum absolute atomic E-state index is 12.7. The number of rotatable bonds is 6. The van der Waals surface area contributed by atoms with Crippen LogP contribution in [0.25, 0.3) is 0 Å². The highest BCUT2D eigenvalue weighted by Crippen LogP contribution is 2.76. The van der Waals surface area contributed by atoms with Gasteiger partial charge in [-0.1, -0.05) is 42.0 Å². The molecule has 3 N–H and O–H groups in total.